The first-order valence-corrected chi connectivity index (χ1v) is 4.45. The van der Waals surface area contributed by atoms with Crippen molar-refractivity contribution in [1.29, 1.82) is 0 Å². The van der Waals surface area contributed by atoms with Gasteiger partial charge in [-0.05, 0) is 11.6 Å². The van der Waals surface area contributed by atoms with Gasteiger partial charge >= 0.3 is 7.82 Å². The lowest BCUT2D eigenvalue weighted by molar-refractivity contribution is 0.253. The molecule has 60 valence electrons. The second-order valence-corrected chi connectivity index (χ2v) is 3.57. The Balaban J connectivity index is 4.20. The molecule has 0 amide bonds. The largest absolute Gasteiger partial charge is 0.525 e. The minimum Gasteiger partial charge on any atom is -0.390 e. The van der Waals surface area contributed by atoms with Gasteiger partial charge in [0.1, 0.15) is 0 Å². The van der Waals surface area contributed by atoms with E-state index >= 15 is 0 Å². The van der Waals surface area contributed by atoms with Gasteiger partial charge in [-0.25, -0.2) is 4.57 Å². The number of phosphoric acid groups is 1. The van der Waals surface area contributed by atoms with E-state index in [0.717, 1.165) is 0 Å². The first-order valence-electron chi connectivity index (χ1n) is 1.79. The highest BCUT2D eigenvalue weighted by Gasteiger charge is 2.18. The van der Waals surface area contributed by atoms with E-state index in [-0.39, 0.29) is 0 Å². The topological polar surface area (TPSA) is 66.8 Å². The predicted molar refractivity (Wildman–Crippen MR) is 37.7 cm³/mol. The van der Waals surface area contributed by atoms with Crippen molar-refractivity contribution < 1.29 is 18.9 Å². The molecule has 8 heteroatoms. The lowest BCUT2D eigenvalue weighted by Gasteiger charge is -2.03. The lowest BCUT2D eigenvalue weighted by Crippen LogP contribution is -1.83. The van der Waals surface area contributed by atoms with Crippen LogP contribution in [0.25, 0.3) is 0 Å². The fourth-order valence-electron chi connectivity index (χ4n) is 0.139. The van der Waals surface area contributed by atoms with E-state index in [4.69, 9.17) is 44.6 Å². The van der Waals surface area contributed by atoms with Gasteiger partial charge in [0.15, 0.2) is 4.49 Å². The molecule has 0 aliphatic rings. The summed E-state index contributed by atoms with van der Waals surface area (Å²) in [6, 6.07) is 0. The quantitative estimate of drug-likeness (QED) is 0.559. The van der Waals surface area contributed by atoms with Crippen LogP contribution in [0.3, 0.4) is 0 Å². The second-order valence-electron chi connectivity index (χ2n) is 1.12. The molecule has 0 fully saturated rings. The Kier molecular flexibility index (Phi) is 4.02. The van der Waals surface area contributed by atoms with Crippen LogP contribution in [0.15, 0.2) is 9.71 Å². The van der Waals surface area contributed by atoms with E-state index in [9.17, 15) is 4.57 Å². The van der Waals surface area contributed by atoms with Crippen molar-refractivity contribution in [3.05, 3.63) is 9.71 Å². The molecule has 0 radical (unpaired) electrons. The number of hydrogen-bond donors (Lipinski definition) is 2. The zero-order chi connectivity index (χ0) is 8.36. The van der Waals surface area contributed by atoms with E-state index in [2.05, 4.69) is 4.52 Å². The van der Waals surface area contributed by atoms with Crippen molar-refractivity contribution in [3.8, 4) is 0 Å². The molecule has 0 aliphatic heterocycles. The summed E-state index contributed by atoms with van der Waals surface area (Å²) in [5, 5.41) is -0.725. The van der Waals surface area contributed by atoms with Gasteiger partial charge in [0, 0.05) is 0 Å². The van der Waals surface area contributed by atoms with E-state index in [1.807, 2.05) is 0 Å². The number of rotatable bonds is 2. The summed E-state index contributed by atoms with van der Waals surface area (Å²) in [6.07, 6.45) is 0. The number of phosphoric ester groups is 1. The Morgan fingerprint density at radius 3 is 1.80 bits per heavy atom. The van der Waals surface area contributed by atoms with Crippen molar-refractivity contribution >= 4 is 42.6 Å². The fourth-order valence-corrected chi connectivity index (χ4v) is 0.893. The Morgan fingerprint density at radius 2 is 1.70 bits per heavy atom. The molecule has 0 heterocycles. The molecule has 0 aromatic heterocycles. The summed E-state index contributed by atoms with van der Waals surface area (Å²) in [7, 11) is -4.63. The minimum atomic E-state index is -4.63. The molecule has 0 spiro atoms. The van der Waals surface area contributed by atoms with Crippen molar-refractivity contribution in [2.45, 2.75) is 0 Å². The van der Waals surface area contributed by atoms with E-state index < -0.39 is 17.5 Å². The monoisotopic (exact) mass is 226 g/mol. The summed E-state index contributed by atoms with van der Waals surface area (Å²) in [6.45, 7) is 0. The van der Waals surface area contributed by atoms with Crippen LogP contribution in [-0.4, -0.2) is 9.79 Å². The van der Waals surface area contributed by atoms with Crippen LogP contribution >= 0.6 is 42.6 Å². The summed E-state index contributed by atoms with van der Waals surface area (Å²) >= 11 is 15.0. The van der Waals surface area contributed by atoms with Crippen molar-refractivity contribution in [2.24, 2.45) is 0 Å². The van der Waals surface area contributed by atoms with E-state index in [1.165, 1.54) is 0 Å². The maximum atomic E-state index is 9.98. The molecule has 0 aliphatic carbocycles. The summed E-state index contributed by atoms with van der Waals surface area (Å²) < 4.78 is 13.2. The Labute approximate surface area is 71.6 Å². The normalized spacial score (nSPS) is 10.9. The molecule has 0 unspecified atom stereocenters. The zero-order valence-corrected chi connectivity index (χ0v) is 7.45. The molecule has 10 heavy (non-hydrogen) atoms. The molecule has 0 saturated carbocycles. The highest BCUT2D eigenvalue weighted by atomic mass is 35.5. The van der Waals surface area contributed by atoms with Gasteiger partial charge in [-0.15, -0.1) is 0 Å². The zero-order valence-electron chi connectivity index (χ0n) is 4.29. The van der Waals surface area contributed by atoms with Crippen LogP contribution in [0.4, 0.5) is 0 Å². The van der Waals surface area contributed by atoms with E-state index in [1.54, 1.807) is 0 Å². The molecule has 2 N–H and O–H groups in total. The molecular weight excluding hydrogens is 225 g/mol. The van der Waals surface area contributed by atoms with Crippen molar-refractivity contribution in [3.63, 3.8) is 0 Å². The van der Waals surface area contributed by atoms with Gasteiger partial charge in [0.2, 0.25) is 5.22 Å². The molecule has 0 rings (SSSR count). The standard InChI is InChI=1S/C2H2Cl3O4P/c3-1(4)2(5)9-10(6,7)8/h(H2,6,7,8). The van der Waals surface area contributed by atoms with Gasteiger partial charge in [0.05, 0.1) is 0 Å². The Hall–Kier alpha value is 0.560. The third-order valence-corrected chi connectivity index (χ3v) is 1.68. The highest BCUT2D eigenvalue weighted by molar-refractivity contribution is 7.46. The minimum absolute atomic E-state index is 0.537. The van der Waals surface area contributed by atoms with Gasteiger partial charge in [0.25, 0.3) is 0 Å². The van der Waals surface area contributed by atoms with Gasteiger partial charge in [-0.3, -0.25) is 9.79 Å². The fraction of sp³-hybridized carbons (Fsp3) is 0. The molecular formula is C2H2Cl3O4P. The van der Waals surface area contributed by atoms with Crippen LogP contribution in [0.1, 0.15) is 0 Å². The van der Waals surface area contributed by atoms with Gasteiger partial charge in [-0.1, -0.05) is 23.2 Å². The summed E-state index contributed by atoms with van der Waals surface area (Å²) in [4.78, 5) is 16.2. The van der Waals surface area contributed by atoms with Crippen LogP contribution in [0.2, 0.25) is 0 Å². The number of hydrogen-bond acceptors (Lipinski definition) is 2. The van der Waals surface area contributed by atoms with Gasteiger partial charge in [-0.2, -0.15) is 0 Å². The van der Waals surface area contributed by atoms with Crippen molar-refractivity contribution in [2.75, 3.05) is 0 Å². The molecule has 0 aromatic rings. The molecule has 0 aromatic carbocycles. The molecule has 0 saturated heterocycles. The lowest BCUT2D eigenvalue weighted by atomic mass is 11.1. The van der Waals surface area contributed by atoms with Crippen molar-refractivity contribution in [1.82, 2.24) is 0 Å². The van der Waals surface area contributed by atoms with Gasteiger partial charge < -0.3 is 4.52 Å². The van der Waals surface area contributed by atoms with Crippen LogP contribution in [-0.2, 0) is 9.09 Å². The van der Waals surface area contributed by atoms with E-state index in [0.29, 0.717) is 0 Å². The summed E-state index contributed by atoms with van der Waals surface area (Å²) in [5.41, 5.74) is 0. The van der Waals surface area contributed by atoms with Crippen LogP contribution in [0, 0.1) is 0 Å². The molecule has 0 bridgehead atoms. The Bertz CT molecular complexity index is 191. The smallest absolute Gasteiger partial charge is 0.390 e. The average Bonchev–Trinajstić information content (AvgIpc) is 1.60. The average molecular weight is 227 g/mol. The highest BCUT2D eigenvalue weighted by Crippen LogP contribution is 2.41. The second kappa shape index (κ2) is 3.81. The third-order valence-electron chi connectivity index (χ3n) is 0.348. The summed E-state index contributed by atoms with van der Waals surface area (Å²) in [5.74, 6) is 0. The number of halogens is 3. The SMILES string of the molecule is O=P(O)(O)OC(Cl)=C(Cl)Cl. The maximum Gasteiger partial charge on any atom is 0.525 e. The first-order chi connectivity index (χ1) is 4.33. The van der Waals surface area contributed by atoms with Crippen LogP contribution < -0.4 is 0 Å². The Morgan fingerprint density at radius 1 is 1.30 bits per heavy atom. The molecule has 0 atom stereocenters. The predicted octanol–water partition coefficient (Wildman–Crippen LogP) is 1.94. The van der Waals surface area contributed by atoms with Crippen LogP contribution in [0.5, 0.6) is 0 Å². The first kappa shape index (κ1) is 10.6. The third kappa shape index (κ3) is 5.35. The maximum absolute atomic E-state index is 9.98. The molecule has 4 nitrogen and oxygen atoms in total.